The van der Waals surface area contributed by atoms with Gasteiger partial charge in [0.2, 0.25) is 0 Å². The van der Waals surface area contributed by atoms with Crippen molar-refractivity contribution in [2.45, 2.75) is 6.92 Å². The Bertz CT molecular complexity index is 582. The molecule has 1 heterocycles. The maximum atomic E-state index is 4.19. The molecule has 1 aliphatic rings. The van der Waals surface area contributed by atoms with Crippen molar-refractivity contribution >= 4 is 16.9 Å². The minimum absolute atomic E-state index is 1.10. The van der Waals surface area contributed by atoms with E-state index in [2.05, 4.69) is 49.2 Å². The van der Waals surface area contributed by atoms with Crippen LogP contribution in [0.2, 0.25) is 0 Å². The van der Waals surface area contributed by atoms with E-state index in [9.17, 15) is 0 Å². The maximum absolute atomic E-state index is 4.19. The van der Waals surface area contributed by atoms with Crippen LogP contribution in [0.3, 0.4) is 0 Å². The minimum atomic E-state index is 1.10. The van der Waals surface area contributed by atoms with E-state index in [4.69, 9.17) is 0 Å². The average Bonchev–Trinajstić information content (AvgIpc) is 2.29. The molecule has 0 amide bonds. The summed E-state index contributed by atoms with van der Waals surface area (Å²) >= 11 is 0. The van der Waals surface area contributed by atoms with E-state index in [0.717, 1.165) is 16.9 Å². The number of fused-ring (bicyclic) bond motifs is 2. The Morgan fingerprint density at radius 2 is 1.69 bits per heavy atom. The highest BCUT2D eigenvalue weighted by molar-refractivity contribution is 5.95. The summed E-state index contributed by atoms with van der Waals surface area (Å²) < 4.78 is 0. The fourth-order valence-corrected chi connectivity index (χ4v) is 2.17. The van der Waals surface area contributed by atoms with Gasteiger partial charge in [-0.2, -0.15) is 0 Å². The Morgan fingerprint density at radius 1 is 0.938 bits per heavy atom. The van der Waals surface area contributed by atoms with Gasteiger partial charge >= 0.3 is 0 Å². The van der Waals surface area contributed by atoms with Crippen LogP contribution in [0, 0.1) is 6.92 Å². The molecule has 1 aliphatic heterocycles. The molecule has 78 valence electrons. The van der Waals surface area contributed by atoms with Gasteiger partial charge in [-0.05, 0) is 30.2 Å². The predicted molar refractivity (Wildman–Crippen MR) is 69.0 cm³/mol. The molecular formula is C15H13N. The van der Waals surface area contributed by atoms with Gasteiger partial charge in [-0.25, -0.2) is 0 Å². The molecule has 2 aromatic rings. The normalized spacial score (nSPS) is 12.7. The molecule has 1 heteroatoms. The molecule has 16 heavy (non-hydrogen) atoms. The Morgan fingerprint density at radius 3 is 2.56 bits per heavy atom. The Kier molecular flexibility index (Phi) is 1.87. The summed E-state index contributed by atoms with van der Waals surface area (Å²) in [5, 5.41) is 3.45. The largest absolute Gasteiger partial charge is 0.355 e. The maximum Gasteiger partial charge on any atom is 0.0466 e. The van der Waals surface area contributed by atoms with Gasteiger partial charge < -0.3 is 5.32 Å². The predicted octanol–water partition coefficient (Wildman–Crippen LogP) is 4.11. The quantitative estimate of drug-likeness (QED) is 0.585. The molecule has 0 aromatic heterocycles. The van der Waals surface area contributed by atoms with Crippen LogP contribution in [0.5, 0.6) is 0 Å². The number of aryl methyl sites for hydroxylation is 1. The molecule has 1 nitrogen and oxygen atoms in total. The number of rotatable bonds is 0. The van der Waals surface area contributed by atoms with Crippen molar-refractivity contribution in [1.29, 1.82) is 0 Å². The third-order valence-electron chi connectivity index (χ3n) is 3.02. The van der Waals surface area contributed by atoms with E-state index in [1.165, 1.54) is 16.7 Å². The second kappa shape index (κ2) is 3.24. The molecule has 0 unspecified atom stereocenters. The molecule has 0 fully saturated rings. The van der Waals surface area contributed by atoms with Crippen LogP contribution in [-0.4, -0.2) is 0 Å². The standard InChI is InChI=1S/C15H13N/c1-10-7-8-13-11(2)12-5-3-4-6-14(12)16-15(13)9-10/h3-9,16H,2H2,1H3. The Hall–Kier alpha value is -2.02. The highest BCUT2D eigenvalue weighted by atomic mass is 14.9. The van der Waals surface area contributed by atoms with Gasteiger partial charge in [-0.15, -0.1) is 0 Å². The van der Waals surface area contributed by atoms with Crippen LogP contribution >= 0.6 is 0 Å². The van der Waals surface area contributed by atoms with Gasteiger partial charge in [0.15, 0.2) is 0 Å². The van der Waals surface area contributed by atoms with Crippen molar-refractivity contribution in [2.24, 2.45) is 0 Å². The van der Waals surface area contributed by atoms with E-state index in [1.54, 1.807) is 0 Å². The van der Waals surface area contributed by atoms with Gasteiger partial charge in [0.25, 0.3) is 0 Å². The van der Waals surface area contributed by atoms with Crippen molar-refractivity contribution in [1.82, 2.24) is 0 Å². The molecule has 0 aliphatic carbocycles. The summed E-state index contributed by atoms with van der Waals surface area (Å²) in [7, 11) is 0. The summed E-state index contributed by atoms with van der Waals surface area (Å²) in [5.41, 5.74) is 7.06. The summed E-state index contributed by atoms with van der Waals surface area (Å²) in [6.07, 6.45) is 0. The van der Waals surface area contributed by atoms with E-state index >= 15 is 0 Å². The van der Waals surface area contributed by atoms with Crippen molar-refractivity contribution in [3.63, 3.8) is 0 Å². The average molecular weight is 207 g/mol. The van der Waals surface area contributed by atoms with Gasteiger partial charge in [0.1, 0.15) is 0 Å². The number of anilines is 2. The number of benzene rings is 2. The highest BCUT2D eigenvalue weighted by Gasteiger charge is 2.17. The molecule has 1 N–H and O–H groups in total. The zero-order chi connectivity index (χ0) is 11.1. The van der Waals surface area contributed by atoms with Gasteiger partial charge in [0.05, 0.1) is 0 Å². The van der Waals surface area contributed by atoms with Crippen LogP contribution in [0.25, 0.3) is 5.57 Å². The SMILES string of the molecule is C=C1c2ccccc2Nc2cc(C)ccc21. The lowest BCUT2D eigenvalue weighted by atomic mass is 9.92. The lowest BCUT2D eigenvalue weighted by Crippen LogP contribution is -2.05. The zero-order valence-electron chi connectivity index (χ0n) is 9.25. The topological polar surface area (TPSA) is 12.0 Å². The molecule has 3 rings (SSSR count). The molecule has 0 saturated heterocycles. The summed E-state index contributed by atoms with van der Waals surface area (Å²) in [5.74, 6) is 0. The van der Waals surface area contributed by atoms with Crippen LogP contribution in [0.4, 0.5) is 11.4 Å². The Balaban J connectivity index is 2.22. The number of hydrogen-bond donors (Lipinski definition) is 1. The fraction of sp³-hybridized carbons (Fsp3) is 0.0667. The van der Waals surface area contributed by atoms with Crippen LogP contribution in [-0.2, 0) is 0 Å². The summed E-state index contributed by atoms with van der Waals surface area (Å²) in [6.45, 7) is 6.29. The molecule has 0 atom stereocenters. The lowest BCUT2D eigenvalue weighted by molar-refractivity contribution is 1.39. The monoisotopic (exact) mass is 207 g/mol. The van der Waals surface area contributed by atoms with Crippen molar-refractivity contribution in [2.75, 3.05) is 5.32 Å². The second-order valence-corrected chi connectivity index (χ2v) is 4.20. The van der Waals surface area contributed by atoms with Gasteiger partial charge in [-0.3, -0.25) is 0 Å². The fourth-order valence-electron chi connectivity index (χ4n) is 2.17. The third-order valence-corrected chi connectivity index (χ3v) is 3.02. The molecule has 0 radical (unpaired) electrons. The van der Waals surface area contributed by atoms with Crippen molar-refractivity contribution in [3.8, 4) is 0 Å². The van der Waals surface area contributed by atoms with E-state index < -0.39 is 0 Å². The van der Waals surface area contributed by atoms with Crippen molar-refractivity contribution < 1.29 is 0 Å². The van der Waals surface area contributed by atoms with Gasteiger partial charge in [0, 0.05) is 22.5 Å². The first kappa shape index (κ1) is 9.22. The smallest absolute Gasteiger partial charge is 0.0466 e. The number of para-hydroxylation sites is 1. The molecule has 0 spiro atoms. The van der Waals surface area contributed by atoms with Crippen LogP contribution in [0.15, 0.2) is 49.0 Å². The molecule has 0 saturated carbocycles. The van der Waals surface area contributed by atoms with Gasteiger partial charge in [-0.1, -0.05) is 36.9 Å². The first-order chi connectivity index (χ1) is 7.75. The van der Waals surface area contributed by atoms with Crippen LogP contribution < -0.4 is 5.32 Å². The Labute approximate surface area is 95.4 Å². The highest BCUT2D eigenvalue weighted by Crippen LogP contribution is 2.39. The van der Waals surface area contributed by atoms with E-state index in [1.807, 2.05) is 12.1 Å². The number of nitrogens with one attached hydrogen (secondary N) is 1. The first-order valence-electron chi connectivity index (χ1n) is 5.42. The van der Waals surface area contributed by atoms with Crippen molar-refractivity contribution in [3.05, 3.63) is 65.7 Å². The van der Waals surface area contributed by atoms with E-state index in [0.29, 0.717) is 0 Å². The second-order valence-electron chi connectivity index (χ2n) is 4.20. The lowest BCUT2D eigenvalue weighted by Gasteiger charge is -2.23. The third kappa shape index (κ3) is 1.25. The van der Waals surface area contributed by atoms with E-state index in [-0.39, 0.29) is 0 Å². The zero-order valence-corrected chi connectivity index (χ0v) is 9.25. The minimum Gasteiger partial charge on any atom is -0.355 e. The summed E-state index contributed by atoms with van der Waals surface area (Å²) in [4.78, 5) is 0. The number of hydrogen-bond acceptors (Lipinski definition) is 1. The first-order valence-corrected chi connectivity index (χ1v) is 5.42. The molecule has 2 aromatic carbocycles. The molecular weight excluding hydrogens is 194 g/mol. The summed E-state index contributed by atoms with van der Waals surface area (Å²) in [6, 6.07) is 14.7. The molecule has 0 bridgehead atoms. The van der Waals surface area contributed by atoms with Crippen LogP contribution in [0.1, 0.15) is 16.7 Å².